The van der Waals surface area contributed by atoms with Crippen LogP contribution in [-0.4, -0.2) is 10.2 Å². The summed E-state index contributed by atoms with van der Waals surface area (Å²) in [6, 6.07) is 8.06. The summed E-state index contributed by atoms with van der Waals surface area (Å²) in [5, 5.41) is 21.3. The van der Waals surface area contributed by atoms with Crippen molar-refractivity contribution in [3.8, 4) is 22.6 Å². The normalized spacial score (nSPS) is 10.9. The predicted octanol–water partition coefficient (Wildman–Crippen LogP) is 5.29. The summed E-state index contributed by atoms with van der Waals surface area (Å²) in [7, 11) is 0. The molecule has 2 rings (SSSR count). The largest absolute Gasteiger partial charge is 0.507 e. The van der Waals surface area contributed by atoms with Gasteiger partial charge < -0.3 is 10.2 Å². The summed E-state index contributed by atoms with van der Waals surface area (Å²) in [6.45, 7) is 8.06. The Bertz CT molecular complexity index is 612. The first-order valence-corrected chi connectivity index (χ1v) is 8.14. The molecule has 0 amide bonds. The van der Waals surface area contributed by atoms with E-state index < -0.39 is 0 Å². The topological polar surface area (TPSA) is 40.5 Å². The highest BCUT2D eigenvalue weighted by molar-refractivity contribution is 5.83. The molecule has 0 heterocycles. The minimum Gasteiger partial charge on any atom is -0.507 e. The van der Waals surface area contributed by atoms with E-state index in [9.17, 15) is 10.2 Å². The van der Waals surface area contributed by atoms with Crippen molar-refractivity contribution in [3.05, 3.63) is 46.5 Å². The van der Waals surface area contributed by atoms with Crippen LogP contribution in [0.25, 0.3) is 11.1 Å². The lowest BCUT2D eigenvalue weighted by molar-refractivity contribution is 0.463. The molecule has 2 aromatic carbocycles. The molecule has 0 bridgehead atoms. The fourth-order valence-electron chi connectivity index (χ4n) is 2.99. The lowest BCUT2D eigenvalue weighted by Crippen LogP contribution is -1.98. The van der Waals surface area contributed by atoms with Crippen LogP contribution in [0.1, 0.15) is 48.9 Å². The highest BCUT2D eigenvalue weighted by Gasteiger charge is 2.20. The summed E-state index contributed by atoms with van der Waals surface area (Å²) < 4.78 is 0. The molecule has 0 spiro atoms. The van der Waals surface area contributed by atoms with Crippen molar-refractivity contribution in [1.29, 1.82) is 0 Å². The van der Waals surface area contributed by atoms with Crippen LogP contribution in [-0.2, 0) is 12.8 Å². The van der Waals surface area contributed by atoms with Crippen LogP contribution >= 0.6 is 0 Å². The minimum atomic E-state index is 0.296. The SMILES string of the molecule is CCCc1ccc(C)c(O)c1-c1c(CCC)ccc(C)c1O. The molecule has 118 valence electrons. The second-order valence-corrected chi connectivity index (χ2v) is 6.03. The third-order valence-corrected chi connectivity index (χ3v) is 4.22. The van der Waals surface area contributed by atoms with Gasteiger partial charge in [-0.05, 0) is 48.9 Å². The van der Waals surface area contributed by atoms with Crippen molar-refractivity contribution in [2.24, 2.45) is 0 Å². The highest BCUT2D eigenvalue weighted by Crippen LogP contribution is 2.43. The highest BCUT2D eigenvalue weighted by atomic mass is 16.3. The Labute approximate surface area is 133 Å². The van der Waals surface area contributed by atoms with Gasteiger partial charge in [0.1, 0.15) is 11.5 Å². The quantitative estimate of drug-likeness (QED) is 0.787. The second-order valence-electron chi connectivity index (χ2n) is 6.03. The van der Waals surface area contributed by atoms with Gasteiger partial charge in [0.05, 0.1) is 0 Å². The molecule has 22 heavy (non-hydrogen) atoms. The summed E-state index contributed by atoms with van der Waals surface area (Å²) in [6.07, 6.45) is 3.79. The zero-order valence-corrected chi connectivity index (χ0v) is 14.0. The van der Waals surface area contributed by atoms with E-state index in [1.807, 2.05) is 26.0 Å². The van der Waals surface area contributed by atoms with Gasteiger partial charge in [0.15, 0.2) is 0 Å². The van der Waals surface area contributed by atoms with Gasteiger partial charge in [-0.15, -0.1) is 0 Å². The van der Waals surface area contributed by atoms with E-state index in [0.717, 1.165) is 59.1 Å². The van der Waals surface area contributed by atoms with Crippen LogP contribution in [0.5, 0.6) is 11.5 Å². The minimum absolute atomic E-state index is 0.296. The van der Waals surface area contributed by atoms with Crippen molar-refractivity contribution in [2.45, 2.75) is 53.4 Å². The maximum atomic E-state index is 10.7. The van der Waals surface area contributed by atoms with Gasteiger partial charge in [0.2, 0.25) is 0 Å². The molecule has 2 N–H and O–H groups in total. The molecule has 0 radical (unpaired) electrons. The molecule has 0 saturated carbocycles. The summed E-state index contributed by atoms with van der Waals surface area (Å²) in [5.41, 5.74) is 5.52. The van der Waals surface area contributed by atoms with Gasteiger partial charge in [0, 0.05) is 11.1 Å². The maximum Gasteiger partial charge on any atom is 0.126 e. The van der Waals surface area contributed by atoms with Crippen LogP contribution in [0.4, 0.5) is 0 Å². The third kappa shape index (κ3) is 2.96. The molecule has 0 saturated heterocycles. The van der Waals surface area contributed by atoms with Gasteiger partial charge in [-0.2, -0.15) is 0 Å². The van der Waals surface area contributed by atoms with E-state index in [4.69, 9.17) is 0 Å². The van der Waals surface area contributed by atoms with Crippen LogP contribution < -0.4 is 0 Å². The zero-order chi connectivity index (χ0) is 16.3. The molecule has 0 aliphatic heterocycles. The van der Waals surface area contributed by atoms with Crippen molar-refractivity contribution in [1.82, 2.24) is 0 Å². The van der Waals surface area contributed by atoms with Gasteiger partial charge in [-0.3, -0.25) is 0 Å². The molecule has 0 unspecified atom stereocenters. The van der Waals surface area contributed by atoms with E-state index in [-0.39, 0.29) is 0 Å². The lowest BCUT2D eigenvalue weighted by atomic mass is 9.88. The Hall–Kier alpha value is -1.96. The molecular weight excluding hydrogens is 272 g/mol. The molecule has 0 aliphatic rings. The number of benzene rings is 2. The smallest absolute Gasteiger partial charge is 0.126 e. The van der Waals surface area contributed by atoms with Crippen molar-refractivity contribution in [3.63, 3.8) is 0 Å². The van der Waals surface area contributed by atoms with E-state index in [0.29, 0.717) is 11.5 Å². The zero-order valence-electron chi connectivity index (χ0n) is 14.0. The predicted molar refractivity (Wildman–Crippen MR) is 92.7 cm³/mol. The average Bonchev–Trinajstić information content (AvgIpc) is 2.49. The molecule has 2 heteroatoms. The van der Waals surface area contributed by atoms with E-state index >= 15 is 0 Å². The van der Waals surface area contributed by atoms with Crippen LogP contribution in [0.3, 0.4) is 0 Å². The number of rotatable bonds is 5. The number of hydrogen-bond donors (Lipinski definition) is 2. The van der Waals surface area contributed by atoms with Crippen LogP contribution in [0.15, 0.2) is 24.3 Å². The Morgan fingerprint density at radius 1 is 0.682 bits per heavy atom. The first-order valence-electron chi connectivity index (χ1n) is 8.14. The molecule has 0 aromatic heterocycles. The Kier molecular flexibility index (Phi) is 5.12. The Morgan fingerprint density at radius 2 is 1.05 bits per heavy atom. The Balaban J connectivity index is 2.80. The summed E-state index contributed by atoms with van der Waals surface area (Å²) in [5.74, 6) is 0.591. The third-order valence-electron chi connectivity index (χ3n) is 4.22. The maximum absolute atomic E-state index is 10.7. The number of hydrogen-bond acceptors (Lipinski definition) is 2. The molecule has 2 nitrogen and oxygen atoms in total. The number of aryl methyl sites for hydroxylation is 4. The number of aromatic hydroxyl groups is 2. The first-order chi connectivity index (χ1) is 10.5. The molecule has 0 atom stereocenters. The van der Waals surface area contributed by atoms with E-state index in [2.05, 4.69) is 26.0 Å². The van der Waals surface area contributed by atoms with Crippen molar-refractivity contribution >= 4 is 0 Å². The number of phenolic OH excluding ortho intramolecular Hbond substituents is 2. The average molecular weight is 298 g/mol. The van der Waals surface area contributed by atoms with Crippen LogP contribution in [0, 0.1) is 13.8 Å². The van der Waals surface area contributed by atoms with Gasteiger partial charge in [0.25, 0.3) is 0 Å². The first kappa shape index (κ1) is 16.4. The standard InChI is InChI=1S/C20H26O2/c1-5-7-15-11-9-13(3)19(21)17(15)18-16(8-6-2)12-10-14(4)20(18)22/h9-12,21-22H,5-8H2,1-4H3. The Morgan fingerprint density at radius 3 is 1.36 bits per heavy atom. The summed E-state index contributed by atoms with van der Waals surface area (Å²) in [4.78, 5) is 0. The van der Waals surface area contributed by atoms with E-state index in [1.54, 1.807) is 0 Å². The van der Waals surface area contributed by atoms with Crippen molar-refractivity contribution < 1.29 is 10.2 Å². The van der Waals surface area contributed by atoms with Crippen molar-refractivity contribution in [2.75, 3.05) is 0 Å². The van der Waals surface area contributed by atoms with Gasteiger partial charge >= 0.3 is 0 Å². The van der Waals surface area contributed by atoms with Gasteiger partial charge in [-0.1, -0.05) is 51.0 Å². The molecule has 2 aromatic rings. The lowest BCUT2D eigenvalue weighted by Gasteiger charge is -2.19. The monoisotopic (exact) mass is 298 g/mol. The molecule has 0 fully saturated rings. The molecule has 0 aliphatic carbocycles. The number of phenols is 2. The van der Waals surface area contributed by atoms with E-state index in [1.165, 1.54) is 0 Å². The van der Waals surface area contributed by atoms with Gasteiger partial charge in [-0.25, -0.2) is 0 Å². The second kappa shape index (κ2) is 6.87. The fourth-order valence-corrected chi connectivity index (χ4v) is 2.99. The molecular formula is C20H26O2. The summed E-state index contributed by atoms with van der Waals surface area (Å²) >= 11 is 0. The van der Waals surface area contributed by atoms with Crippen LogP contribution in [0.2, 0.25) is 0 Å². The fraction of sp³-hybridized carbons (Fsp3) is 0.400.